The lowest BCUT2D eigenvalue weighted by Crippen LogP contribution is -2.05. The van der Waals surface area contributed by atoms with E-state index in [9.17, 15) is 4.79 Å². The van der Waals surface area contributed by atoms with Crippen LogP contribution in [0.5, 0.6) is 0 Å². The first-order chi connectivity index (χ1) is 12.6. The molecule has 0 N–H and O–H groups in total. The Hall–Kier alpha value is -2.89. The minimum Gasteiger partial charge on any atom is -0.460 e. The van der Waals surface area contributed by atoms with Crippen molar-refractivity contribution in [3.63, 3.8) is 0 Å². The highest BCUT2D eigenvalue weighted by molar-refractivity contribution is 5.91. The number of rotatable bonds is 4. The van der Waals surface area contributed by atoms with Crippen molar-refractivity contribution in [3.05, 3.63) is 58.4 Å². The maximum atomic E-state index is 12.1. The first-order valence-electron chi connectivity index (χ1n) is 8.85. The summed E-state index contributed by atoms with van der Waals surface area (Å²) < 4.78 is 12.8. The van der Waals surface area contributed by atoms with E-state index in [4.69, 9.17) is 14.3 Å². The van der Waals surface area contributed by atoms with Crippen LogP contribution in [-0.4, -0.2) is 27.3 Å². The lowest BCUT2D eigenvalue weighted by molar-refractivity contribution is 0.0487. The van der Waals surface area contributed by atoms with E-state index in [2.05, 4.69) is 24.2 Å². The van der Waals surface area contributed by atoms with E-state index in [1.807, 2.05) is 17.7 Å². The van der Waals surface area contributed by atoms with Crippen molar-refractivity contribution in [2.75, 3.05) is 6.61 Å². The SMILES string of the molecule is CCOC(=O)c1oc2c(c1C)-c1nn(Cc3ncccc3C)cc1CC2. The second-order valence-corrected chi connectivity index (χ2v) is 6.54. The van der Waals surface area contributed by atoms with Crippen molar-refractivity contribution in [2.24, 2.45) is 0 Å². The van der Waals surface area contributed by atoms with Gasteiger partial charge in [0.15, 0.2) is 0 Å². The molecular weight excluding hydrogens is 330 g/mol. The van der Waals surface area contributed by atoms with Crippen molar-refractivity contribution >= 4 is 5.97 Å². The molecule has 0 aliphatic heterocycles. The molecule has 134 valence electrons. The predicted molar refractivity (Wildman–Crippen MR) is 96.1 cm³/mol. The third-order valence-electron chi connectivity index (χ3n) is 4.81. The van der Waals surface area contributed by atoms with Crippen molar-refractivity contribution in [2.45, 2.75) is 40.2 Å². The Balaban J connectivity index is 1.71. The van der Waals surface area contributed by atoms with Crippen LogP contribution in [0.1, 0.15) is 45.6 Å². The van der Waals surface area contributed by atoms with Crippen LogP contribution in [0.3, 0.4) is 0 Å². The van der Waals surface area contributed by atoms with Gasteiger partial charge in [-0.2, -0.15) is 5.10 Å². The van der Waals surface area contributed by atoms with Gasteiger partial charge in [-0.3, -0.25) is 9.67 Å². The molecule has 3 heterocycles. The molecule has 1 aliphatic carbocycles. The summed E-state index contributed by atoms with van der Waals surface area (Å²) in [6, 6.07) is 3.99. The summed E-state index contributed by atoms with van der Waals surface area (Å²) in [5, 5.41) is 4.77. The number of hydrogen-bond acceptors (Lipinski definition) is 5. The Morgan fingerprint density at radius 2 is 2.19 bits per heavy atom. The Labute approximate surface area is 151 Å². The summed E-state index contributed by atoms with van der Waals surface area (Å²) in [7, 11) is 0. The number of carbonyl (C=O) groups is 1. The van der Waals surface area contributed by atoms with Gasteiger partial charge >= 0.3 is 5.97 Å². The van der Waals surface area contributed by atoms with Crippen LogP contribution in [0.15, 0.2) is 28.9 Å². The summed E-state index contributed by atoms with van der Waals surface area (Å²) in [4.78, 5) is 16.6. The Kier molecular flexibility index (Phi) is 4.11. The van der Waals surface area contributed by atoms with Gasteiger partial charge in [-0.25, -0.2) is 4.79 Å². The summed E-state index contributed by atoms with van der Waals surface area (Å²) >= 11 is 0. The fourth-order valence-electron chi connectivity index (χ4n) is 3.47. The molecule has 4 rings (SSSR count). The molecule has 1 aliphatic rings. The standard InChI is InChI=1S/C20H21N3O3/c1-4-25-20(24)19-13(3)17-16(26-19)8-7-14-10-23(22-18(14)17)11-15-12(2)6-5-9-21-15/h5-6,9-10H,4,7-8,11H2,1-3H3. The minimum absolute atomic E-state index is 0.292. The van der Waals surface area contributed by atoms with Gasteiger partial charge in [0.1, 0.15) is 5.76 Å². The quantitative estimate of drug-likeness (QED) is 0.673. The van der Waals surface area contributed by atoms with Crippen molar-refractivity contribution in [3.8, 4) is 11.3 Å². The van der Waals surface area contributed by atoms with Gasteiger partial charge < -0.3 is 9.15 Å². The van der Waals surface area contributed by atoms with Crippen LogP contribution in [0.2, 0.25) is 0 Å². The fraction of sp³-hybridized carbons (Fsp3) is 0.350. The van der Waals surface area contributed by atoms with Gasteiger partial charge in [0.05, 0.1) is 24.5 Å². The summed E-state index contributed by atoms with van der Waals surface area (Å²) in [5.41, 5.74) is 5.96. The van der Waals surface area contributed by atoms with Gasteiger partial charge in [-0.15, -0.1) is 0 Å². The zero-order valence-corrected chi connectivity index (χ0v) is 15.2. The monoisotopic (exact) mass is 351 g/mol. The van der Waals surface area contributed by atoms with E-state index in [0.29, 0.717) is 18.9 Å². The number of nitrogens with zero attached hydrogens (tertiary/aromatic N) is 3. The molecule has 0 atom stereocenters. The lowest BCUT2D eigenvalue weighted by atomic mass is 9.94. The largest absolute Gasteiger partial charge is 0.460 e. The van der Waals surface area contributed by atoms with Gasteiger partial charge in [-0.1, -0.05) is 6.07 Å². The third kappa shape index (κ3) is 2.71. The smallest absolute Gasteiger partial charge is 0.374 e. The number of aryl methyl sites for hydroxylation is 3. The zero-order chi connectivity index (χ0) is 18.3. The van der Waals surface area contributed by atoms with Crippen LogP contribution in [0.4, 0.5) is 0 Å². The predicted octanol–water partition coefficient (Wildman–Crippen LogP) is 3.48. The molecule has 3 aromatic heterocycles. The minimum atomic E-state index is -0.413. The average molecular weight is 351 g/mol. The van der Waals surface area contributed by atoms with E-state index < -0.39 is 5.97 Å². The van der Waals surface area contributed by atoms with E-state index in [1.165, 1.54) is 5.56 Å². The van der Waals surface area contributed by atoms with Gasteiger partial charge in [0, 0.05) is 29.9 Å². The Bertz CT molecular complexity index is 984. The number of pyridine rings is 1. The molecule has 6 heteroatoms. The van der Waals surface area contributed by atoms with E-state index in [0.717, 1.165) is 46.7 Å². The number of fused-ring (bicyclic) bond motifs is 3. The Morgan fingerprint density at radius 3 is 2.96 bits per heavy atom. The maximum absolute atomic E-state index is 12.1. The summed E-state index contributed by atoms with van der Waals surface area (Å²) in [5.74, 6) is 0.696. The zero-order valence-electron chi connectivity index (χ0n) is 15.2. The number of carbonyl (C=O) groups excluding carboxylic acids is 1. The molecule has 0 saturated heterocycles. The highest BCUT2D eigenvalue weighted by atomic mass is 16.5. The summed E-state index contributed by atoms with van der Waals surface area (Å²) in [6.07, 6.45) is 5.48. The molecule has 3 aromatic rings. The second-order valence-electron chi connectivity index (χ2n) is 6.54. The van der Waals surface area contributed by atoms with Gasteiger partial charge in [-0.05, 0) is 44.4 Å². The van der Waals surface area contributed by atoms with E-state index in [1.54, 1.807) is 13.1 Å². The number of hydrogen-bond donors (Lipinski definition) is 0. The number of esters is 1. The lowest BCUT2D eigenvalue weighted by Gasteiger charge is -2.09. The molecule has 0 unspecified atom stereocenters. The third-order valence-corrected chi connectivity index (χ3v) is 4.81. The molecule has 0 spiro atoms. The van der Waals surface area contributed by atoms with Crippen molar-refractivity contribution < 1.29 is 13.9 Å². The molecule has 0 bridgehead atoms. The van der Waals surface area contributed by atoms with Crippen LogP contribution < -0.4 is 0 Å². The highest BCUT2D eigenvalue weighted by Crippen LogP contribution is 2.38. The maximum Gasteiger partial charge on any atom is 0.374 e. The van der Waals surface area contributed by atoms with Crippen LogP contribution in [0.25, 0.3) is 11.3 Å². The van der Waals surface area contributed by atoms with Crippen molar-refractivity contribution in [1.29, 1.82) is 0 Å². The first-order valence-corrected chi connectivity index (χ1v) is 8.85. The van der Waals surface area contributed by atoms with Crippen LogP contribution >= 0.6 is 0 Å². The number of ether oxygens (including phenoxy) is 1. The summed E-state index contributed by atoms with van der Waals surface area (Å²) in [6.45, 7) is 6.68. The molecule has 0 fully saturated rings. The van der Waals surface area contributed by atoms with Crippen LogP contribution in [0, 0.1) is 13.8 Å². The average Bonchev–Trinajstić information content (AvgIpc) is 3.17. The van der Waals surface area contributed by atoms with Gasteiger partial charge in [0.25, 0.3) is 0 Å². The molecule has 0 amide bonds. The number of aromatic nitrogens is 3. The molecule has 0 radical (unpaired) electrons. The number of furan rings is 1. The molecule has 26 heavy (non-hydrogen) atoms. The normalized spacial score (nSPS) is 12.6. The van der Waals surface area contributed by atoms with Crippen LogP contribution in [-0.2, 0) is 24.1 Å². The topological polar surface area (TPSA) is 70.2 Å². The second kappa shape index (κ2) is 6.44. The first kappa shape index (κ1) is 16.6. The van der Waals surface area contributed by atoms with Gasteiger partial charge in [0.2, 0.25) is 5.76 Å². The highest BCUT2D eigenvalue weighted by Gasteiger charge is 2.30. The molecular formula is C20H21N3O3. The Morgan fingerprint density at radius 1 is 1.35 bits per heavy atom. The van der Waals surface area contributed by atoms with Crippen molar-refractivity contribution in [1.82, 2.24) is 14.8 Å². The van der Waals surface area contributed by atoms with E-state index >= 15 is 0 Å². The molecule has 0 saturated carbocycles. The molecule has 0 aromatic carbocycles. The fourth-order valence-corrected chi connectivity index (χ4v) is 3.47. The van der Waals surface area contributed by atoms with E-state index in [-0.39, 0.29) is 0 Å². The molecule has 6 nitrogen and oxygen atoms in total.